The SMILES string of the molecule is CC(C)(C)NCC(O)Cn1cnc2ccsc2c1=O. The van der Waals surface area contributed by atoms with Crippen molar-refractivity contribution in [2.45, 2.75) is 39.0 Å². The van der Waals surface area contributed by atoms with Gasteiger partial charge in [-0.1, -0.05) is 0 Å². The van der Waals surface area contributed by atoms with Gasteiger partial charge in [0, 0.05) is 12.1 Å². The van der Waals surface area contributed by atoms with Gasteiger partial charge in [-0.2, -0.15) is 0 Å². The minimum atomic E-state index is -0.615. The molecule has 0 aliphatic heterocycles. The van der Waals surface area contributed by atoms with E-state index in [-0.39, 0.29) is 17.6 Å². The van der Waals surface area contributed by atoms with Crippen LogP contribution in [0.15, 0.2) is 22.6 Å². The van der Waals surface area contributed by atoms with Crippen LogP contribution < -0.4 is 10.9 Å². The summed E-state index contributed by atoms with van der Waals surface area (Å²) in [4.78, 5) is 16.3. The van der Waals surface area contributed by atoms with Crippen molar-refractivity contribution in [3.8, 4) is 0 Å². The molecule has 0 spiro atoms. The number of hydrogen-bond acceptors (Lipinski definition) is 5. The highest BCUT2D eigenvalue weighted by molar-refractivity contribution is 7.17. The number of nitrogens with zero attached hydrogens (tertiary/aromatic N) is 2. The minimum absolute atomic E-state index is 0.0537. The number of thiophene rings is 1. The lowest BCUT2D eigenvalue weighted by molar-refractivity contribution is 0.140. The summed E-state index contributed by atoms with van der Waals surface area (Å²) in [6.45, 7) is 6.79. The first-order valence-corrected chi connectivity index (χ1v) is 7.10. The summed E-state index contributed by atoms with van der Waals surface area (Å²) in [6, 6.07) is 1.82. The summed E-state index contributed by atoms with van der Waals surface area (Å²) in [5.41, 5.74) is 0.574. The first-order valence-electron chi connectivity index (χ1n) is 6.22. The van der Waals surface area contributed by atoms with Gasteiger partial charge >= 0.3 is 0 Å². The van der Waals surface area contributed by atoms with Gasteiger partial charge in [0.1, 0.15) is 4.70 Å². The van der Waals surface area contributed by atoms with Gasteiger partial charge in [-0.3, -0.25) is 9.36 Å². The number of fused-ring (bicyclic) bond motifs is 1. The molecular formula is C13H19N3O2S. The largest absolute Gasteiger partial charge is 0.390 e. The van der Waals surface area contributed by atoms with E-state index in [1.807, 2.05) is 32.2 Å². The molecule has 0 saturated carbocycles. The quantitative estimate of drug-likeness (QED) is 0.884. The highest BCUT2D eigenvalue weighted by Crippen LogP contribution is 2.13. The summed E-state index contributed by atoms with van der Waals surface area (Å²) < 4.78 is 2.10. The Morgan fingerprint density at radius 3 is 2.95 bits per heavy atom. The predicted molar refractivity (Wildman–Crippen MR) is 77.6 cm³/mol. The number of hydrogen-bond donors (Lipinski definition) is 2. The number of nitrogens with one attached hydrogen (secondary N) is 1. The molecule has 0 aliphatic carbocycles. The Hall–Kier alpha value is -1.24. The molecule has 2 N–H and O–H groups in total. The second-order valence-corrected chi connectivity index (χ2v) is 6.54. The highest BCUT2D eigenvalue weighted by atomic mass is 32.1. The van der Waals surface area contributed by atoms with Gasteiger partial charge in [-0.15, -0.1) is 11.3 Å². The molecule has 0 amide bonds. The molecule has 1 atom stereocenters. The molecule has 2 aromatic rings. The molecule has 2 rings (SSSR count). The van der Waals surface area contributed by atoms with Crippen LogP contribution in [0.4, 0.5) is 0 Å². The molecule has 0 aromatic carbocycles. The standard InChI is InChI=1S/C13H19N3O2S/c1-13(2,3)15-6-9(17)7-16-8-14-10-4-5-19-11(10)12(16)18/h4-5,8-9,15,17H,6-7H2,1-3H3. The van der Waals surface area contributed by atoms with Crippen LogP contribution >= 0.6 is 11.3 Å². The molecule has 19 heavy (non-hydrogen) atoms. The van der Waals surface area contributed by atoms with Crippen LogP contribution in [-0.2, 0) is 6.54 Å². The first-order chi connectivity index (χ1) is 8.87. The Bertz CT molecular complexity index is 612. The lowest BCUT2D eigenvalue weighted by Gasteiger charge is -2.23. The molecule has 104 valence electrons. The first kappa shape index (κ1) is 14.2. The van der Waals surface area contributed by atoms with Crippen molar-refractivity contribution >= 4 is 21.6 Å². The number of rotatable bonds is 4. The van der Waals surface area contributed by atoms with E-state index in [1.54, 1.807) is 0 Å². The van der Waals surface area contributed by atoms with Crippen molar-refractivity contribution < 1.29 is 5.11 Å². The van der Waals surface area contributed by atoms with Crippen LogP contribution in [0.1, 0.15) is 20.8 Å². The average molecular weight is 281 g/mol. The fourth-order valence-corrected chi connectivity index (χ4v) is 2.52. The molecule has 1 unspecified atom stereocenters. The Morgan fingerprint density at radius 2 is 2.26 bits per heavy atom. The van der Waals surface area contributed by atoms with Crippen LogP contribution in [0.3, 0.4) is 0 Å². The van der Waals surface area contributed by atoms with Gasteiger partial charge in [-0.05, 0) is 32.2 Å². The van der Waals surface area contributed by atoms with Crippen LogP contribution in [0.25, 0.3) is 10.2 Å². The maximum absolute atomic E-state index is 12.1. The molecule has 6 heteroatoms. The molecule has 0 radical (unpaired) electrons. The smallest absolute Gasteiger partial charge is 0.271 e. The minimum Gasteiger partial charge on any atom is -0.390 e. The summed E-state index contributed by atoms with van der Waals surface area (Å²) in [6.07, 6.45) is 0.883. The number of β-amino-alcohol motifs (C(OH)–C–C–N with tert-alkyl or cyclic N) is 1. The van der Waals surface area contributed by atoms with Crippen LogP contribution in [0, 0.1) is 0 Å². The molecule has 0 bridgehead atoms. The zero-order valence-electron chi connectivity index (χ0n) is 11.4. The van der Waals surface area contributed by atoms with Crippen molar-refractivity contribution in [2.24, 2.45) is 0 Å². The van der Waals surface area contributed by atoms with E-state index in [2.05, 4.69) is 10.3 Å². The Labute approximate surface area is 115 Å². The highest BCUT2D eigenvalue weighted by Gasteiger charge is 2.14. The normalized spacial score (nSPS) is 13.9. The van der Waals surface area contributed by atoms with E-state index < -0.39 is 6.10 Å². The fraction of sp³-hybridized carbons (Fsp3) is 0.538. The zero-order valence-corrected chi connectivity index (χ0v) is 12.2. The van der Waals surface area contributed by atoms with E-state index in [0.29, 0.717) is 16.8 Å². The number of aromatic nitrogens is 2. The molecule has 0 fully saturated rings. The maximum Gasteiger partial charge on any atom is 0.271 e. The molecule has 0 aliphatic rings. The number of aliphatic hydroxyl groups excluding tert-OH is 1. The van der Waals surface area contributed by atoms with Gasteiger partial charge in [0.25, 0.3) is 5.56 Å². The summed E-state index contributed by atoms with van der Waals surface area (Å²) in [5.74, 6) is 0. The van der Waals surface area contributed by atoms with E-state index in [4.69, 9.17) is 0 Å². The van der Waals surface area contributed by atoms with E-state index in [9.17, 15) is 9.90 Å². The Kier molecular flexibility index (Phi) is 4.03. The maximum atomic E-state index is 12.1. The lowest BCUT2D eigenvalue weighted by Crippen LogP contribution is -2.42. The van der Waals surface area contributed by atoms with Crippen molar-refractivity contribution in [2.75, 3.05) is 6.54 Å². The summed E-state index contributed by atoms with van der Waals surface area (Å²) >= 11 is 1.38. The average Bonchev–Trinajstić information content (AvgIpc) is 2.78. The van der Waals surface area contributed by atoms with E-state index in [0.717, 1.165) is 0 Å². The summed E-state index contributed by atoms with van der Waals surface area (Å²) in [5, 5.41) is 15.0. The second-order valence-electron chi connectivity index (χ2n) is 5.62. The third kappa shape index (κ3) is 3.62. The van der Waals surface area contributed by atoms with Crippen molar-refractivity contribution in [3.63, 3.8) is 0 Å². The van der Waals surface area contributed by atoms with Gasteiger partial charge in [0.05, 0.1) is 24.5 Å². The summed E-state index contributed by atoms with van der Waals surface area (Å²) in [7, 11) is 0. The predicted octanol–water partition coefficient (Wildman–Crippen LogP) is 1.21. The van der Waals surface area contributed by atoms with Gasteiger partial charge in [0.2, 0.25) is 0 Å². The zero-order chi connectivity index (χ0) is 14.0. The third-order valence-corrected chi connectivity index (χ3v) is 3.60. The van der Waals surface area contributed by atoms with Gasteiger partial charge in [0.15, 0.2) is 0 Å². The fourth-order valence-electron chi connectivity index (χ4n) is 1.72. The second kappa shape index (κ2) is 5.40. The van der Waals surface area contributed by atoms with Gasteiger partial charge < -0.3 is 10.4 Å². The molecule has 2 heterocycles. The molecular weight excluding hydrogens is 262 g/mol. The number of aliphatic hydroxyl groups is 1. The molecule has 0 saturated heterocycles. The topological polar surface area (TPSA) is 67.2 Å². The van der Waals surface area contributed by atoms with E-state index >= 15 is 0 Å². The Balaban J connectivity index is 2.09. The van der Waals surface area contributed by atoms with Crippen LogP contribution in [-0.4, -0.2) is 32.8 Å². The van der Waals surface area contributed by atoms with E-state index in [1.165, 1.54) is 22.2 Å². The lowest BCUT2D eigenvalue weighted by atomic mass is 10.1. The third-order valence-electron chi connectivity index (χ3n) is 2.71. The van der Waals surface area contributed by atoms with Gasteiger partial charge in [-0.25, -0.2) is 4.98 Å². The van der Waals surface area contributed by atoms with Crippen LogP contribution in [0.5, 0.6) is 0 Å². The van der Waals surface area contributed by atoms with Crippen molar-refractivity contribution in [1.82, 2.24) is 14.9 Å². The Morgan fingerprint density at radius 1 is 1.53 bits per heavy atom. The molecule has 2 aromatic heterocycles. The molecule has 5 nitrogen and oxygen atoms in total. The van der Waals surface area contributed by atoms with Crippen molar-refractivity contribution in [1.29, 1.82) is 0 Å². The van der Waals surface area contributed by atoms with Crippen molar-refractivity contribution in [3.05, 3.63) is 28.1 Å². The monoisotopic (exact) mass is 281 g/mol. The van der Waals surface area contributed by atoms with Crippen LogP contribution in [0.2, 0.25) is 0 Å².